The average molecular weight is 380 g/mol. The van der Waals surface area contributed by atoms with Crippen LogP contribution in [0, 0.1) is 0 Å². The number of guanidine groups is 1. The maximum atomic E-state index is 4.78. The average Bonchev–Trinajstić information content (AvgIpc) is 3.06. The number of nitrogens with one attached hydrogen (secondary N) is 2. The van der Waals surface area contributed by atoms with Crippen LogP contribution in [0.2, 0.25) is 0 Å². The zero-order valence-corrected chi connectivity index (χ0v) is 18.1. The SMILES string of the molecule is CCCN1CCC(NC(=NCCc2nc(C(C)(C)C)cs2)NCC)CC1. The maximum absolute atomic E-state index is 4.78. The number of aliphatic imine (C=N–C) groups is 1. The number of aromatic nitrogens is 1. The number of rotatable bonds is 7. The van der Waals surface area contributed by atoms with Crippen LogP contribution >= 0.6 is 11.3 Å². The van der Waals surface area contributed by atoms with Gasteiger partial charge in [0.1, 0.15) is 0 Å². The zero-order valence-electron chi connectivity index (χ0n) is 17.3. The zero-order chi connectivity index (χ0) is 19.0. The Hall–Kier alpha value is -1.14. The first-order valence-corrected chi connectivity index (χ1v) is 11.0. The molecule has 2 rings (SSSR count). The minimum Gasteiger partial charge on any atom is -0.357 e. The summed E-state index contributed by atoms with van der Waals surface area (Å²) < 4.78 is 0. The van der Waals surface area contributed by atoms with Crippen molar-refractivity contribution >= 4 is 17.3 Å². The molecule has 26 heavy (non-hydrogen) atoms. The minimum absolute atomic E-state index is 0.126. The van der Waals surface area contributed by atoms with Crippen LogP contribution in [0.15, 0.2) is 10.4 Å². The Morgan fingerprint density at radius 3 is 2.62 bits per heavy atom. The van der Waals surface area contributed by atoms with Gasteiger partial charge in [0, 0.05) is 49.4 Å². The number of piperidine rings is 1. The van der Waals surface area contributed by atoms with E-state index in [0.29, 0.717) is 6.04 Å². The fraction of sp³-hybridized carbons (Fsp3) is 0.800. The van der Waals surface area contributed by atoms with Crippen molar-refractivity contribution in [2.45, 2.75) is 71.8 Å². The molecule has 1 saturated heterocycles. The van der Waals surface area contributed by atoms with E-state index in [1.54, 1.807) is 11.3 Å². The first-order chi connectivity index (χ1) is 12.4. The Morgan fingerprint density at radius 2 is 2.04 bits per heavy atom. The summed E-state index contributed by atoms with van der Waals surface area (Å²) in [5, 5.41) is 10.4. The summed E-state index contributed by atoms with van der Waals surface area (Å²) in [6.45, 7) is 16.3. The molecule has 0 bridgehead atoms. The van der Waals surface area contributed by atoms with Crippen LogP contribution in [0.5, 0.6) is 0 Å². The van der Waals surface area contributed by atoms with Crippen molar-refractivity contribution in [3.05, 3.63) is 16.1 Å². The second-order valence-corrected chi connectivity index (χ2v) is 9.09. The van der Waals surface area contributed by atoms with Crippen molar-refractivity contribution < 1.29 is 0 Å². The van der Waals surface area contributed by atoms with Crippen LogP contribution in [0.1, 0.15) is 64.6 Å². The van der Waals surface area contributed by atoms with Crippen molar-refractivity contribution in [1.82, 2.24) is 20.5 Å². The van der Waals surface area contributed by atoms with E-state index in [0.717, 1.165) is 25.5 Å². The molecule has 148 valence electrons. The fourth-order valence-corrected chi connectivity index (χ4v) is 4.18. The topological polar surface area (TPSA) is 52.5 Å². The first kappa shape index (κ1) is 21.2. The third-order valence-corrected chi connectivity index (χ3v) is 5.64. The van der Waals surface area contributed by atoms with Crippen LogP contribution in [-0.4, -0.2) is 54.6 Å². The summed E-state index contributed by atoms with van der Waals surface area (Å²) >= 11 is 1.76. The summed E-state index contributed by atoms with van der Waals surface area (Å²) in [6, 6.07) is 0.535. The summed E-state index contributed by atoms with van der Waals surface area (Å²) in [7, 11) is 0. The van der Waals surface area contributed by atoms with Crippen molar-refractivity contribution in [3.8, 4) is 0 Å². The van der Waals surface area contributed by atoms with Gasteiger partial charge in [0.05, 0.1) is 10.7 Å². The first-order valence-electron chi connectivity index (χ1n) is 10.1. The van der Waals surface area contributed by atoms with Crippen LogP contribution in [-0.2, 0) is 11.8 Å². The highest BCUT2D eigenvalue weighted by Crippen LogP contribution is 2.24. The van der Waals surface area contributed by atoms with E-state index in [4.69, 9.17) is 9.98 Å². The molecule has 0 spiro atoms. The molecule has 1 aliphatic heterocycles. The molecule has 1 aliphatic rings. The summed E-state index contributed by atoms with van der Waals surface area (Å²) in [4.78, 5) is 12.1. The molecule has 0 amide bonds. The highest BCUT2D eigenvalue weighted by molar-refractivity contribution is 7.09. The molecule has 1 aromatic rings. The molecule has 0 saturated carbocycles. The molecule has 2 N–H and O–H groups in total. The molecule has 0 atom stereocenters. The van der Waals surface area contributed by atoms with Crippen molar-refractivity contribution in [2.75, 3.05) is 32.7 Å². The van der Waals surface area contributed by atoms with Gasteiger partial charge in [-0.25, -0.2) is 4.98 Å². The van der Waals surface area contributed by atoms with E-state index in [1.165, 1.54) is 49.6 Å². The quantitative estimate of drug-likeness (QED) is 0.563. The molecule has 0 unspecified atom stereocenters. The van der Waals surface area contributed by atoms with Crippen molar-refractivity contribution in [3.63, 3.8) is 0 Å². The number of nitrogens with zero attached hydrogens (tertiary/aromatic N) is 3. The summed E-state index contributed by atoms with van der Waals surface area (Å²) in [6.07, 6.45) is 4.56. The molecule has 6 heteroatoms. The third kappa shape index (κ3) is 6.88. The normalized spacial score (nSPS) is 17.5. The number of hydrogen-bond donors (Lipinski definition) is 2. The van der Waals surface area contributed by atoms with Gasteiger partial charge in [-0.3, -0.25) is 4.99 Å². The maximum Gasteiger partial charge on any atom is 0.191 e. The van der Waals surface area contributed by atoms with E-state index in [2.05, 4.69) is 55.5 Å². The lowest BCUT2D eigenvalue weighted by Gasteiger charge is -2.32. The number of likely N-dealkylation sites (tertiary alicyclic amines) is 1. The Labute approximate surface area is 163 Å². The van der Waals surface area contributed by atoms with Gasteiger partial charge in [-0.15, -0.1) is 11.3 Å². The van der Waals surface area contributed by atoms with E-state index in [9.17, 15) is 0 Å². The monoisotopic (exact) mass is 379 g/mol. The lowest BCUT2D eigenvalue weighted by molar-refractivity contribution is 0.206. The molecular weight excluding hydrogens is 342 g/mol. The standard InChI is InChI=1S/C20H37N5S/c1-6-12-25-13-9-16(10-14-25)23-19(21-7-2)22-11-8-18-24-17(15-26-18)20(3,4)5/h15-16H,6-14H2,1-5H3,(H2,21,22,23). The van der Waals surface area contributed by atoms with Gasteiger partial charge in [0.2, 0.25) is 0 Å². The van der Waals surface area contributed by atoms with Crippen LogP contribution < -0.4 is 10.6 Å². The smallest absolute Gasteiger partial charge is 0.191 e. The van der Waals surface area contributed by atoms with Gasteiger partial charge in [0.25, 0.3) is 0 Å². The molecule has 0 aromatic carbocycles. The fourth-order valence-electron chi connectivity index (χ4n) is 3.16. The van der Waals surface area contributed by atoms with E-state index in [1.807, 2.05) is 0 Å². The van der Waals surface area contributed by atoms with Crippen LogP contribution in [0.4, 0.5) is 0 Å². The molecular formula is C20H37N5S. The minimum atomic E-state index is 0.126. The summed E-state index contributed by atoms with van der Waals surface area (Å²) in [5.74, 6) is 0.953. The van der Waals surface area contributed by atoms with Gasteiger partial charge in [-0.2, -0.15) is 0 Å². The highest BCUT2D eigenvalue weighted by atomic mass is 32.1. The Morgan fingerprint density at radius 1 is 1.31 bits per heavy atom. The van der Waals surface area contributed by atoms with Gasteiger partial charge in [-0.05, 0) is 32.7 Å². The van der Waals surface area contributed by atoms with Crippen molar-refractivity contribution in [2.24, 2.45) is 4.99 Å². The highest BCUT2D eigenvalue weighted by Gasteiger charge is 2.19. The van der Waals surface area contributed by atoms with E-state index in [-0.39, 0.29) is 5.41 Å². The third-order valence-electron chi connectivity index (χ3n) is 4.73. The molecule has 2 heterocycles. The van der Waals surface area contributed by atoms with Gasteiger partial charge < -0.3 is 15.5 Å². The van der Waals surface area contributed by atoms with Crippen LogP contribution in [0.25, 0.3) is 0 Å². The van der Waals surface area contributed by atoms with E-state index < -0.39 is 0 Å². The Kier molecular flexibility index (Phi) is 8.35. The van der Waals surface area contributed by atoms with Crippen LogP contribution in [0.3, 0.4) is 0 Å². The summed E-state index contributed by atoms with van der Waals surface area (Å²) in [5.41, 5.74) is 1.31. The van der Waals surface area contributed by atoms with Gasteiger partial charge in [0.15, 0.2) is 5.96 Å². The Balaban J connectivity index is 1.82. The second kappa shape index (κ2) is 10.3. The Bertz CT molecular complexity index is 553. The number of thiazole rings is 1. The molecule has 1 fully saturated rings. The van der Waals surface area contributed by atoms with E-state index >= 15 is 0 Å². The van der Waals surface area contributed by atoms with Gasteiger partial charge >= 0.3 is 0 Å². The molecule has 1 aromatic heterocycles. The predicted octanol–water partition coefficient (Wildman–Crippen LogP) is 3.41. The number of hydrogen-bond acceptors (Lipinski definition) is 4. The van der Waals surface area contributed by atoms with Crippen molar-refractivity contribution in [1.29, 1.82) is 0 Å². The largest absolute Gasteiger partial charge is 0.357 e. The lowest BCUT2D eigenvalue weighted by Crippen LogP contribution is -2.48. The molecule has 0 radical (unpaired) electrons. The molecule has 5 nitrogen and oxygen atoms in total. The molecule has 0 aliphatic carbocycles. The predicted molar refractivity (Wildman–Crippen MR) is 113 cm³/mol. The lowest BCUT2D eigenvalue weighted by atomic mass is 9.93. The van der Waals surface area contributed by atoms with Gasteiger partial charge in [-0.1, -0.05) is 27.7 Å². The second-order valence-electron chi connectivity index (χ2n) is 8.15.